The molecule has 2 rings (SSSR count). The van der Waals surface area contributed by atoms with Gasteiger partial charge >= 0.3 is 0 Å². The number of para-hydroxylation sites is 1. The van der Waals surface area contributed by atoms with E-state index in [1.807, 2.05) is 24.3 Å². The first kappa shape index (κ1) is 18.7. The number of amides is 1. The van der Waals surface area contributed by atoms with E-state index in [2.05, 4.69) is 5.32 Å². The van der Waals surface area contributed by atoms with Crippen molar-refractivity contribution >= 4 is 15.9 Å². The number of benzene rings is 1. The maximum Gasteiger partial charge on any atom is 0.224 e. The molecule has 0 aromatic heterocycles. The second-order valence-electron chi connectivity index (χ2n) is 6.17. The van der Waals surface area contributed by atoms with Crippen LogP contribution in [-0.2, 0) is 21.2 Å². The van der Waals surface area contributed by atoms with Gasteiger partial charge in [0.25, 0.3) is 0 Å². The molecule has 6 nitrogen and oxygen atoms in total. The van der Waals surface area contributed by atoms with E-state index < -0.39 is 10.0 Å². The highest BCUT2D eigenvalue weighted by molar-refractivity contribution is 7.88. The van der Waals surface area contributed by atoms with Crippen LogP contribution in [0.4, 0.5) is 0 Å². The molecule has 1 saturated heterocycles. The molecule has 1 amide bonds. The molecule has 7 heteroatoms. The molecule has 0 bridgehead atoms. The maximum absolute atomic E-state index is 12.2. The van der Waals surface area contributed by atoms with Crippen molar-refractivity contribution in [2.24, 2.45) is 5.92 Å². The van der Waals surface area contributed by atoms with Crippen LogP contribution >= 0.6 is 0 Å². The van der Waals surface area contributed by atoms with Gasteiger partial charge in [0.2, 0.25) is 15.9 Å². The van der Waals surface area contributed by atoms with Crippen molar-refractivity contribution < 1.29 is 17.9 Å². The maximum atomic E-state index is 12.2. The van der Waals surface area contributed by atoms with Crippen molar-refractivity contribution in [3.63, 3.8) is 0 Å². The Kier molecular flexibility index (Phi) is 6.62. The summed E-state index contributed by atoms with van der Waals surface area (Å²) >= 11 is 0. The monoisotopic (exact) mass is 354 g/mol. The van der Waals surface area contributed by atoms with Gasteiger partial charge in [-0.05, 0) is 37.3 Å². The Morgan fingerprint density at radius 1 is 1.38 bits per heavy atom. The number of nitrogens with one attached hydrogen (secondary N) is 1. The van der Waals surface area contributed by atoms with Crippen molar-refractivity contribution in [2.45, 2.75) is 25.7 Å². The fourth-order valence-electron chi connectivity index (χ4n) is 3.00. The van der Waals surface area contributed by atoms with Crippen molar-refractivity contribution in [2.75, 3.05) is 33.0 Å². The molecule has 1 aromatic carbocycles. The predicted octanol–water partition coefficient (Wildman–Crippen LogP) is 1.42. The number of ether oxygens (including phenoxy) is 1. The third-order valence-corrected chi connectivity index (χ3v) is 5.61. The fourth-order valence-corrected chi connectivity index (χ4v) is 3.91. The van der Waals surface area contributed by atoms with Crippen molar-refractivity contribution in [1.82, 2.24) is 9.62 Å². The Balaban J connectivity index is 1.77. The van der Waals surface area contributed by atoms with Crippen LogP contribution in [0.1, 0.15) is 24.8 Å². The summed E-state index contributed by atoms with van der Waals surface area (Å²) in [6.45, 7) is 1.37. The summed E-state index contributed by atoms with van der Waals surface area (Å²) in [5.41, 5.74) is 1.12. The molecule has 0 aliphatic carbocycles. The Morgan fingerprint density at radius 3 is 2.83 bits per heavy atom. The lowest BCUT2D eigenvalue weighted by Gasteiger charge is -2.30. The van der Waals surface area contributed by atoms with Crippen molar-refractivity contribution in [3.05, 3.63) is 29.8 Å². The molecule has 134 valence electrons. The Labute approximate surface area is 144 Å². The minimum absolute atomic E-state index is 0.0524. The van der Waals surface area contributed by atoms with E-state index in [9.17, 15) is 13.2 Å². The van der Waals surface area contributed by atoms with Gasteiger partial charge in [-0.2, -0.15) is 0 Å². The first-order chi connectivity index (χ1) is 11.4. The summed E-state index contributed by atoms with van der Waals surface area (Å²) in [6.07, 6.45) is 4.30. The minimum Gasteiger partial charge on any atom is -0.496 e. The number of piperidine rings is 1. The van der Waals surface area contributed by atoms with E-state index in [0.717, 1.165) is 37.0 Å². The normalized spacial score (nSPS) is 19.0. The second-order valence-corrected chi connectivity index (χ2v) is 8.15. The number of methoxy groups -OCH3 is 1. The van der Waals surface area contributed by atoms with Crippen molar-refractivity contribution in [1.29, 1.82) is 0 Å². The highest BCUT2D eigenvalue weighted by Gasteiger charge is 2.29. The predicted molar refractivity (Wildman–Crippen MR) is 93.5 cm³/mol. The zero-order chi connectivity index (χ0) is 17.6. The lowest BCUT2D eigenvalue weighted by atomic mass is 9.99. The van der Waals surface area contributed by atoms with Gasteiger partial charge in [0.05, 0.1) is 19.3 Å². The van der Waals surface area contributed by atoms with E-state index in [0.29, 0.717) is 13.1 Å². The number of nitrogens with zero attached hydrogens (tertiary/aromatic N) is 1. The fraction of sp³-hybridized carbons (Fsp3) is 0.588. The largest absolute Gasteiger partial charge is 0.496 e. The summed E-state index contributed by atoms with van der Waals surface area (Å²) in [5.74, 6) is 0.558. The van der Waals surface area contributed by atoms with Gasteiger partial charge in [0, 0.05) is 19.6 Å². The summed E-state index contributed by atoms with van der Waals surface area (Å²) in [5, 5.41) is 2.93. The molecule has 1 fully saturated rings. The molecule has 0 unspecified atom stereocenters. The van der Waals surface area contributed by atoms with Crippen LogP contribution in [0.5, 0.6) is 5.75 Å². The third-order valence-electron chi connectivity index (χ3n) is 4.34. The molecule has 0 radical (unpaired) electrons. The van der Waals surface area contributed by atoms with E-state index >= 15 is 0 Å². The molecule has 1 N–H and O–H groups in total. The number of sulfonamides is 1. The number of carbonyl (C=O) groups is 1. The molecule has 1 aromatic rings. The number of aryl methyl sites for hydroxylation is 1. The Bertz CT molecular complexity index is 660. The van der Waals surface area contributed by atoms with Crippen LogP contribution in [0.25, 0.3) is 0 Å². The molecular formula is C17H26N2O4S. The van der Waals surface area contributed by atoms with E-state index in [4.69, 9.17) is 4.74 Å². The van der Waals surface area contributed by atoms with Gasteiger partial charge in [-0.1, -0.05) is 18.2 Å². The molecule has 1 aliphatic heterocycles. The smallest absolute Gasteiger partial charge is 0.224 e. The van der Waals surface area contributed by atoms with Crippen molar-refractivity contribution in [3.8, 4) is 5.75 Å². The van der Waals surface area contributed by atoms with Gasteiger partial charge in [-0.3, -0.25) is 4.79 Å². The molecule has 1 heterocycles. The van der Waals surface area contributed by atoms with Crippen LogP contribution in [0.15, 0.2) is 24.3 Å². The zero-order valence-corrected chi connectivity index (χ0v) is 15.1. The first-order valence-corrected chi connectivity index (χ1v) is 10.1. The van der Waals surface area contributed by atoms with Gasteiger partial charge in [0.15, 0.2) is 0 Å². The summed E-state index contributed by atoms with van der Waals surface area (Å²) in [4.78, 5) is 12.2. The number of rotatable bonds is 7. The number of carbonyl (C=O) groups excluding carboxylic acids is 1. The molecule has 24 heavy (non-hydrogen) atoms. The quantitative estimate of drug-likeness (QED) is 0.752. The summed E-state index contributed by atoms with van der Waals surface area (Å²) in [7, 11) is -1.57. The zero-order valence-electron chi connectivity index (χ0n) is 14.3. The van der Waals surface area contributed by atoms with Crippen LogP contribution in [-0.4, -0.2) is 51.6 Å². The van der Waals surface area contributed by atoms with Gasteiger partial charge in [-0.15, -0.1) is 0 Å². The molecular weight excluding hydrogens is 328 g/mol. The van der Waals surface area contributed by atoms with E-state index in [1.54, 1.807) is 7.11 Å². The van der Waals surface area contributed by atoms with Crippen LogP contribution in [0.2, 0.25) is 0 Å². The highest BCUT2D eigenvalue weighted by atomic mass is 32.2. The topological polar surface area (TPSA) is 75.7 Å². The molecule has 0 spiro atoms. The molecule has 0 saturated carbocycles. The van der Waals surface area contributed by atoms with E-state index in [1.165, 1.54) is 10.6 Å². The van der Waals surface area contributed by atoms with Crippen LogP contribution in [0.3, 0.4) is 0 Å². The SMILES string of the molecule is COc1ccccc1CCCNC(=O)[C@H]1CCCN(S(C)(=O)=O)C1. The third kappa shape index (κ3) is 5.21. The lowest BCUT2D eigenvalue weighted by molar-refractivity contribution is -0.126. The lowest BCUT2D eigenvalue weighted by Crippen LogP contribution is -2.45. The van der Waals surface area contributed by atoms with Crippen LogP contribution < -0.4 is 10.1 Å². The summed E-state index contributed by atoms with van der Waals surface area (Å²) in [6, 6.07) is 7.85. The molecule has 1 atom stereocenters. The van der Waals surface area contributed by atoms with Gasteiger partial charge in [-0.25, -0.2) is 12.7 Å². The average molecular weight is 354 g/mol. The van der Waals surface area contributed by atoms with Gasteiger partial charge < -0.3 is 10.1 Å². The first-order valence-electron chi connectivity index (χ1n) is 8.26. The number of hydrogen-bond acceptors (Lipinski definition) is 4. The van der Waals surface area contributed by atoms with E-state index in [-0.39, 0.29) is 18.4 Å². The van der Waals surface area contributed by atoms with Gasteiger partial charge in [0.1, 0.15) is 5.75 Å². The average Bonchev–Trinajstić information content (AvgIpc) is 2.58. The summed E-state index contributed by atoms with van der Waals surface area (Å²) < 4.78 is 29.9. The van der Waals surface area contributed by atoms with Crippen LogP contribution in [0, 0.1) is 5.92 Å². The Hall–Kier alpha value is -1.60. The highest BCUT2D eigenvalue weighted by Crippen LogP contribution is 2.20. The Morgan fingerprint density at radius 2 is 2.12 bits per heavy atom. The second kappa shape index (κ2) is 8.48. The minimum atomic E-state index is -3.22. The standard InChI is InChI=1S/C17H26N2O4S/c1-23-16-10-4-3-7-14(16)8-5-11-18-17(20)15-9-6-12-19(13-15)24(2,21)22/h3-4,7,10,15H,5-6,8-9,11-13H2,1-2H3,(H,18,20)/t15-/m0/s1. The number of hydrogen-bond donors (Lipinski definition) is 1. The molecule has 1 aliphatic rings.